The van der Waals surface area contributed by atoms with Crippen LogP contribution in [0.25, 0.3) is 5.69 Å². The first-order valence-electron chi connectivity index (χ1n) is 7.06. The fourth-order valence-corrected chi connectivity index (χ4v) is 3.73. The van der Waals surface area contributed by atoms with Crippen molar-refractivity contribution in [1.29, 1.82) is 0 Å². The number of nitrogens with one attached hydrogen (secondary N) is 1. The highest BCUT2D eigenvalue weighted by Gasteiger charge is 2.33. The zero-order valence-corrected chi connectivity index (χ0v) is 15.8. The van der Waals surface area contributed by atoms with Crippen LogP contribution in [0.4, 0.5) is 19.0 Å². The van der Waals surface area contributed by atoms with Crippen LogP contribution in [0.3, 0.4) is 0 Å². The number of benzene rings is 1. The first kappa shape index (κ1) is 20.5. The predicted molar refractivity (Wildman–Crippen MR) is 94.5 cm³/mol. The van der Waals surface area contributed by atoms with Crippen molar-refractivity contribution in [3.8, 4) is 5.69 Å². The molecule has 0 amide bonds. The summed E-state index contributed by atoms with van der Waals surface area (Å²) in [4.78, 5) is 0.191. The van der Waals surface area contributed by atoms with E-state index in [4.69, 9.17) is 28.4 Å². The lowest BCUT2D eigenvalue weighted by Gasteiger charge is -2.15. The lowest BCUT2D eigenvalue weighted by Crippen LogP contribution is -2.10. The fourth-order valence-electron chi connectivity index (χ4n) is 2.26. The summed E-state index contributed by atoms with van der Waals surface area (Å²) < 4.78 is 52.0. The summed E-state index contributed by atoms with van der Waals surface area (Å²) in [7, 11) is -1.55. The van der Waals surface area contributed by atoms with Crippen molar-refractivity contribution in [3.05, 3.63) is 33.4 Å². The maximum Gasteiger partial charge on any atom is 0.416 e. The molecule has 0 fully saturated rings. The van der Waals surface area contributed by atoms with Gasteiger partial charge in [0.1, 0.15) is 22.1 Å². The van der Waals surface area contributed by atoms with E-state index in [1.807, 2.05) is 0 Å². The minimum absolute atomic E-state index is 0.0263. The minimum atomic E-state index is -4.62. The SMILES string of the molecule is CCNc1c(S(C)=O)c(C=NO)nn1-c1c(Cl)cc(C(F)(F)F)cc1Cl. The minimum Gasteiger partial charge on any atom is -0.411 e. The molecule has 0 bridgehead atoms. The van der Waals surface area contributed by atoms with Gasteiger partial charge in [-0.25, -0.2) is 4.68 Å². The molecule has 1 atom stereocenters. The van der Waals surface area contributed by atoms with Gasteiger partial charge in [0.25, 0.3) is 0 Å². The molecule has 2 N–H and O–H groups in total. The molecular formula is C14H13Cl2F3N4O2S. The molecule has 0 saturated carbocycles. The zero-order chi connectivity index (χ0) is 19.6. The van der Waals surface area contributed by atoms with Crippen molar-refractivity contribution in [2.75, 3.05) is 18.1 Å². The quantitative estimate of drug-likeness (QED) is 0.425. The van der Waals surface area contributed by atoms with E-state index in [1.54, 1.807) is 6.92 Å². The fraction of sp³-hybridized carbons (Fsp3) is 0.286. The summed E-state index contributed by atoms with van der Waals surface area (Å²) in [6.45, 7) is 2.15. The molecule has 26 heavy (non-hydrogen) atoms. The van der Waals surface area contributed by atoms with Gasteiger partial charge in [-0.2, -0.15) is 18.3 Å². The summed E-state index contributed by atoms with van der Waals surface area (Å²) >= 11 is 12.1. The van der Waals surface area contributed by atoms with Gasteiger partial charge in [0.2, 0.25) is 0 Å². The lowest BCUT2D eigenvalue weighted by molar-refractivity contribution is -0.137. The predicted octanol–water partition coefficient (Wildman–Crippen LogP) is 4.18. The van der Waals surface area contributed by atoms with Crippen LogP contribution in [0.1, 0.15) is 18.2 Å². The molecule has 142 valence electrons. The molecule has 2 aromatic rings. The second kappa shape index (κ2) is 7.85. The number of rotatable bonds is 5. The van der Waals surface area contributed by atoms with E-state index >= 15 is 0 Å². The molecule has 0 aliphatic rings. The van der Waals surface area contributed by atoms with Crippen molar-refractivity contribution in [2.45, 2.75) is 18.0 Å². The topological polar surface area (TPSA) is 79.5 Å². The van der Waals surface area contributed by atoms with Gasteiger partial charge in [0.05, 0.1) is 32.6 Å². The summed E-state index contributed by atoms with van der Waals surface area (Å²) in [6, 6.07) is 1.45. The average molecular weight is 429 g/mol. The smallest absolute Gasteiger partial charge is 0.411 e. The molecule has 12 heteroatoms. The Morgan fingerprint density at radius 2 is 1.96 bits per heavy atom. The maximum atomic E-state index is 12.9. The van der Waals surface area contributed by atoms with Crippen LogP contribution < -0.4 is 5.32 Å². The number of aromatic nitrogens is 2. The number of alkyl halides is 3. The first-order valence-corrected chi connectivity index (χ1v) is 9.37. The molecule has 0 aliphatic carbocycles. The average Bonchev–Trinajstić information content (AvgIpc) is 2.85. The molecule has 6 nitrogen and oxygen atoms in total. The normalized spacial score (nSPS) is 13.3. The van der Waals surface area contributed by atoms with Gasteiger partial charge in [-0.05, 0) is 19.1 Å². The van der Waals surface area contributed by atoms with Crippen molar-refractivity contribution >= 4 is 46.0 Å². The van der Waals surface area contributed by atoms with Crippen LogP contribution in [-0.2, 0) is 17.0 Å². The maximum absolute atomic E-state index is 12.9. The van der Waals surface area contributed by atoms with Crippen LogP contribution in [0.15, 0.2) is 22.2 Å². The Labute approximate surface area is 159 Å². The number of hydrogen-bond acceptors (Lipinski definition) is 5. The van der Waals surface area contributed by atoms with Gasteiger partial charge >= 0.3 is 6.18 Å². The second-order valence-electron chi connectivity index (χ2n) is 4.99. The number of oxime groups is 1. The van der Waals surface area contributed by atoms with E-state index in [9.17, 15) is 17.4 Å². The van der Waals surface area contributed by atoms with Crippen LogP contribution in [0, 0.1) is 0 Å². The molecule has 0 radical (unpaired) electrons. The third-order valence-electron chi connectivity index (χ3n) is 3.23. The van der Waals surface area contributed by atoms with Crippen molar-refractivity contribution in [1.82, 2.24) is 9.78 Å². The molecule has 0 spiro atoms. The molecule has 1 unspecified atom stereocenters. The molecular weight excluding hydrogens is 416 g/mol. The zero-order valence-electron chi connectivity index (χ0n) is 13.4. The molecule has 0 saturated heterocycles. The van der Waals surface area contributed by atoms with Crippen LogP contribution in [0.5, 0.6) is 0 Å². The van der Waals surface area contributed by atoms with Crippen molar-refractivity contribution < 1.29 is 22.6 Å². The van der Waals surface area contributed by atoms with E-state index in [1.165, 1.54) is 6.26 Å². The largest absolute Gasteiger partial charge is 0.416 e. The summed E-state index contributed by atoms with van der Waals surface area (Å²) in [6.07, 6.45) is -2.28. The number of anilines is 1. The van der Waals surface area contributed by atoms with Crippen LogP contribution in [-0.4, -0.2) is 38.2 Å². The van der Waals surface area contributed by atoms with Gasteiger partial charge in [-0.15, -0.1) is 0 Å². The molecule has 1 aromatic carbocycles. The lowest BCUT2D eigenvalue weighted by atomic mass is 10.2. The van der Waals surface area contributed by atoms with Crippen LogP contribution in [0.2, 0.25) is 10.0 Å². The second-order valence-corrected chi connectivity index (χ2v) is 7.12. The van der Waals surface area contributed by atoms with Gasteiger partial charge in [-0.3, -0.25) is 4.21 Å². The standard InChI is InChI=1S/C14H13Cl2F3N4O2S/c1-3-20-13-12(26(2)25)10(6-21-24)22-23(13)11-8(15)4-7(5-9(11)16)14(17,18)19/h4-6,20,24H,3H2,1-2H3. The summed E-state index contributed by atoms with van der Waals surface area (Å²) in [5.74, 6) is 0.215. The Bertz CT molecular complexity index is 861. The monoisotopic (exact) mass is 428 g/mol. The Morgan fingerprint density at radius 3 is 2.38 bits per heavy atom. The Morgan fingerprint density at radius 1 is 1.38 bits per heavy atom. The Hall–Kier alpha value is -1.78. The van der Waals surface area contributed by atoms with Gasteiger partial charge < -0.3 is 10.5 Å². The van der Waals surface area contributed by atoms with Crippen molar-refractivity contribution in [2.24, 2.45) is 5.16 Å². The Kier molecular flexibility index (Phi) is 6.20. The third kappa shape index (κ3) is 3.97. The number of hydrogen-bond donors (Lipinski definition) is 2. The molecule has 0 aliphatic heterocycles. The van der Waals surface area contributed by atoms with E-state index in [-0.39, 0.29) is 32.1 Å². The highest BCUT2D eigenvalue weighted by atomic mass is 35.5. The van der Waals surface area contributed by atoms with Crippen molar-refractivity contribution in [3.63, 3.8) is 0 Å². The summed E-state index contributed by atoms with van der Waals surface area (Å²) in [5, 5.41) is 18.1. The van der Waals surface area contributed by atoms with E-state index in [2.05, 4.69) is 15.6 Å². The van der Waals surface area contributed by atoms with E-state index in [0.29, 0.717) is 6.54 Å². The Balaban J connectivity index is 2.80. The molecule has 2 rings (SSSR count). The first-order chi connectivity index (χ1) is 12.1. The number of nitrogens with zero attached hydrogens (tertiary/aromatic N) is 3. The van der Waals surface area contributed by atoms with Gasteiger partial charge in [-0.1, -0.05) is 28.4 Å². The van der Waals surface area contributed by atoms with E-state index < -0.39 is 22.5 Å². The molecule has 1 heterocycles. The highest BCUT2D eigenvalue weighted by molar-refractivity contribution is 7.84. The van der Waals surface area contributed by atoms with Gasteiger partial charge in [0, 0.05) is 12.8 Å². The number of halogens is 5. The van der Waals surface area contributed by atoms with Gasteiger partial charge in [0.15, 0.2) is 0 Å². The van der Waals surface area contributed by atoms with E-state index in [0.717, 1.165) is 23.0 Å². The highest BCUT2D eigenvalue weighted by Crippen LogP contribution is 2.39. The summed E-state index contributed by atoms with van der Waals surface area (Å²) in [5.41, 5.74) is -0.984. The molecule has 1 aromatic heterocycles. The van der Waals surface area contributed by atoms with Crippen LogP contribution >= 0.6 is 23.2 Å². The third-order valence-corrected chi connectivity index (χ3v) is 4.79.